The van der Waals surface area contributed by atoms with Crippen molar-refractivity contribution in [1.29, 1.82) is 0 Å². The van der Waals surface area contributed by atoms with Crippen LogP contribution in [0.25, 0.3) is 0 Å². The number of aromatic nitrogens is 2. The molecule has 7 nitrogen and oxygen atoms in total. The summed E-state index contributed by atoms with van der Waals surface area (Å²) in [5.41, 5.74) is 7.19. The number of nitrogens with two attached hydrogens (primary N) is 1. The maximum Gasteiger partial charge on any atom is 0.325 e. The number of rotatable bonds is 5. The minimum absolute atomic E-state index is 0.210. The fraction of sp³-hybridized carbons (Fsp3) is 0.267. The zero-order valence-electron chi connectivity index (χ0n) is 12.6. The van der Waals surface area contributed by atoms with E-state index in [2.05, 4.69) is 20.3 Å². The van der Waals surface area contributed by atoms with Crippen molar-refractivity contribution < 1.29 is 9.73 Å². The van der Waals surface area contributed by atoms with E-state index in [1.807, 2.05) is 31.2 Å². The molecule has 0 spiro atoms. The third-order valence-corrected chi connectivity index (χ3v) is 2.92. The number of nitrogens with one attached hydrogen (secondary N) is 3. The fourth-order valence-corrected chi connectivity index (χ4v) is 1.94. The third-order valence-electron chi connectivity index (χ3n) is 2.92. The summed E-state index contributed by atoms with van der Waals surface area (Å²) in [6.07, 6.45) is 1.66. The van der Waals surface area contributed by atoms with Gasteiger partial charge < -0.3 is 10.5 Å². The van der Waals surface area contributed by atoms with Crippen LogP contribution in [0.3, 0.4) is 0 Å². The van der Waals surface area contributed by atoms with E-state index in [1.165, 1.54) is 6.07 Å². The van der Waals surface area contributed by atoms with Crippen LogP contribution >= 0.6 is 0 Å². The van der Waals surface area contributed by atoms with E-state index in [1.54, 1.807) is 7.11 Å². The van der Waals surface area contributed by atoms with Gasteiger partial charge in [-0.05, 0) is 37.1 Å². The fourth-order valence-electron chi connectivity index (χ4n) is 1.94. The molecule has 0 bridgehead atoms. The molecule has 0 unspecified atom stereocenters. The van der Waals surface area contributed by atoms with Gasteiger partial charge in [0.25, 0.3) is 11.5 Å². The summed E-state index contributed by atoms with van der Waals surface area (Å²) in [6, 6.07) is 8.78. The van der Waals surface area contributed by atoms with E-state index in [0.29, 0.717) is 5.95 Å². The second kappa shape index (κ2) is 7.26. The lowest BCUT2D eigenvalue weighted by molar-refractivity contribution is -0.365. The largest absolute Gasteiger partial charge is 0.497 e. The number of H-pyrrole nitrogens is 1. The second-order valence-electron chi connectivity index (χ2n) is 4.73. The standard InChI is InChI=1S/C15H19N5O2/c1-3-4-11-9-13(21)19-15(18-11)20-14(16)17-10-5-7-12(22-2)8-6-10/h5-9H,3-4H2,1-2H3,(H4,16,17,18,19,20,21)/p+1. The number of hydrogen-bond donors (Lipinski definition) is 4. The summed E-state index contributed by atoms with van der Waals surface area (Å²) in [6.45, 7) is 2.03. The highest BCUT2D eigenvalue weighted by Crippen LogP contribution is 2.14. The summed E-state index contributed by atoms with van der Waals surface area (Å²) >= 11 is 0. The van der Waals surface area contributed by atoms with Crippen molar-refractivity contribution in [2.45, 2.75) is 19.8 Å². The molecule has 22 heavy (non-hydrogen) atoms. The quantitative estimate of drug-likeness (QED) is 0.455. The van der Waals surface area contributed by atoms with Gasteiger partial charge in [-0.2, -0.15) is 0 Å². The molecule has 0 saturated carbocycles. The summed E-state index contributed by atoms with van der Waals surface area (Å²) in [5, 5.41) is 2.98. The molecule has 5 N–H and O–H groups in total. The number of guanidine groups is 1. The normalized spacial score (nSPS) is 11.3. The third kappa shape index (κ3) is 4.34. The number of methoxy groups -OCH3 is 1. The summed E-state index contributed by atoms with van der Waals surface area (Å²) in [4.78, 5) is 21.3. The van der Waals surface area contributed by atoms with E-state index in [9.17, 15) is 4.79 Å². The number of benzene rings is 1. The van der Waals surface area contributed by atoms with Crippen LogP contribution in [-0.2, 0) is 6.42 Å². The number of hydrogen-bond acceptors (Lipinski definition) is 3. The lowest BCUT2D eigenvalue weighted by Crippen LogP contribution is -2.73. The highest BCUT2D eigenvalue weighted by Gasteiger charge is 2.06. The first kappa shape index (κ1) is 15.6. The van der Waals surface area contributed by atoms with Gasteiger partial charge in [0.2, 0.25) is 0 Å². The van der Waals surface area contributed by atoms with Gasteiger partial charge in [0.15, 0.2) is 0 Å². The van der Waals surface area contributed by atoms with Crippen LogP contribution in [-0.4, -0.2) is 23.0 Å². The number of aryl methyl sites for hydroxylation is 1. The van der Waals surface area contributed by atoms with E-state index in [0.717, 1.165) is 30.0 Å². The summed E-state index contributed by atoms with van der Waals surface area (Å²) in [5.74, 6) is 1.34. The van der Waals surface area contributed by atoms with Crippen molar-refractivity contribution in [3.05, 3.63) is 46.4 Å². The number of ether oxygens (including phenoxy) is 1. The first-order chi connectivity index (χ1) is 10.6. The van der Waals surface area contributed by atoms with Crippen LogP contribution < -0.4 is 26.3 Å². The van der Waals surface area contributed by atoms with E-state index < -0.39 is 0 Å². The maximum absolute atomic E-state index is 11.6. The number of anilines is 1. The molecular weight excluding hydrogens is 282 g/mol. The molecular formula is C15H20N5O2+. The van der Waals surface area contributed by atoms with Crippen LogP contribution in [0.5, 0.6) is 5.75 Å². The summed E-state index contributed by atoms with van der Waals surface area (Å²) < 4.78 is 5.09. The molecule has 0 fully saturated rings. The molecule has 0 aliphatic carbocycles. The van der Waals surface area contributed by atoms with Crippen LogP contribution in [0.15, 0.2) is 35.1 Å². The van der Waals surface area contributed by atoms with Crippen molar-refractivity contribution in [2.24, 2.45) is 5.73 Å². The molecule has 7 heteroatoms. The highest BCUT2D eigenvalue weighted by atomic mass is 16.5. The average Bonchev–Trinajstić information content (AvgIpc) is 2.47. The van der Waals surface area contributed by atoms with Gasteiger partial charge in [0.05, 0.1) is 18.5 Å². The van der Waals surface area contributed by atoms with Gasteiger partial charge in [-0.1, -0.05) is 6.92 Å². The van der Waals surface area contributed by atoms with Crippen molar-refractivity contribution in [3.63, 3.8) is 0 Å². The topological polar surface area (TPSA) is 107 Å². The zero-order chi connectivity index (χ0) is 15.9. The lowest BCUT2D eigenvalue weighted by atomic mass is 10.2. The van der Waals surface area contributed by atoms with Gasteiger partial charge in [-0.3, -0.25) is 10.1 Å². The first-order valence-corrected chi connectivity index (χ1v) is 7.01. The molecule has 116 valence electrons. The van der Waals surface area contributed by atoms with Crippen LogP contribution in [0.2, 0.25) is 0 Å². The molecule has 2 aromatic rings. The van der Waals surface area contributed by atoms with Gasteiger partial charge in [0.1, 0.15) is 5.75 Å². The van der Waals surface area contributed by atoms with Gasteiger partial charge in [0, 0.05) is 6.07 Å². The maximum atomic E-state index is 11.6. The van der Waals surface area contributed by atoms with Crippen molar-refractivity contribution in [2.75, 3.05) is 12.4 Å². The van der Waals surface area contributed by atoms with Gasteiger partial charge in [-0.15, -0.1) is 4.98 Å². The minimum Gasteiger partial charge on any atom is -0.497 e. The first-order valence-electron chi connectivity index (χ1n) is 7.01. The number of aromatic amines is 1. The Bertz CT molecular complexity index is 707. The molecule has 0 atom stereocenters. The Morgan fingerprint density at radius 3 is 2.77 bits per heavy atom. The Kier molecular flexibility index (Phi) is 5.13. The Morgan fingerprint density at radius 2 is 2.14 bits per heavy atom. The second-order valence-corrected chi connectivity index (χ2v) is 4.73. The van der Waals surface area contributed by atoms with Gasteiger partial charge in [-0.25, -0.2) is 9.98 Å². The Hall–Kier alpha value is -2.83. The zero-order valence-corrected chi connectivity index (χ0v) is 12.6. The monoisotopic (exact) mass is 302 g/mol. The Morgan fingerprint density at radius 1 is 1.41 bits per heavy atom. The van der Waals surface area contributed by atoms with Crippen molar-refractivity contribution in [1.82, 2.24) is 9.97 Å². The van der Waals surface area contributed by atoms with Crippen LogP contribution in [0.1, 0.15) is 19.0 Å². The van der Waals surface area contributed by atoms with E-state index in [4.69, 9.17) is 10.5 Å². The molecule has 0 aliphatic rings. The number of nitrogens with zero attached hydrogens (tertiary/aromatic N) is 1. The molecule has 0 aliphatic heterocycles. The Balaban J connectivity index is 2.15. The van der Waals surface area contributed by atoms with Crippen LogP contribution in [0.4, 0.5) is 11.6 Å². The minimum atomic E-state index is -0.210. The van der Waals surface area contributed by atoms with Crippen LogP contribution in [0, 0.1) is 0 Å². The summed E-state index contributed by atoms with van der Waals surface area (Å²) in [7, 11) is 1.61. The SMILES string of the molecule is CCCc1cc(=O)[nH]c([NH+]=C(N)Nc2ccc(OC)cc2)n1. The molecule has 0 radical (unpaired) electrons. The predicted octanol–water partition coefficient (Wildman–Crippen LogP) is -0.130. The van der Waals surface area contributed by atoms with Gasteiger partial charge >= 0.3 is 5.95 Å². The van der Waals surface area contributed by atoms with E-state index in [-0.39, 0.29) is 11.5 Å². The molecule has 0 saturated heterocycles. The molecule has 1 aromatic carbocycles. The highest BCUT2D eigenvalue weighted by molar-refractivity contribution is 5.88. The predicted molar refractivity (Wildman–Crippen MR) is 85.3 cm³/mol. The Labute approximate surface area is 128 Å². The van der Waals surface area contributed by atoms with Crippen molar-refractivity contribution in [3.8, 4) is 5.75 Å². The molecule has 2 rings (SSSR count). The molecule has 1 aromatic heterocycles. The van der Waals surface area contributed by atoms with Crippen molar-refractivity contribution >= 4 is 17.6 Å². The molecule has 0 amide bonds. The lowest BCUT2D eigenvalue weighted by Gasteiger charge is -2.03. The average molecular weight is 302 g/mol. The molecule has 1 heterocycles. The smallest absolute Gasteiger partial charge is 0.325 e. The van der Waals surface area contributed by atoms with E-state index >= 15 is 0 Å².